The van der Waals surface area contributed by atoms with Crippen LogP contribution < -0.4 is 0 Å². The van der Waals surface area contributed by atoms with Gasteiger partial charge in [0.1, 0.15) is 0 Å². The topological polar surface area (TPSA) is 29.6 Å². The van der Waals surface area contributed by atoms with Gasteiger partial charge in [-0.2, -0.15) is 0 Å². The van der Waals surface area contributed by atoms with Crippen molar-refractivity contribution in [2.24, 2.45) is 5.41 Å². The molecule has 1 fully saturated rings. The van der Waals surface area contributed by atoms with Gasteiger partial charge in [0.15, 0.2) is 5.78 Å². The van der Waals surface area contributed by atoms with Crippen molar-refractivity contribution >= 4 is 5.78 Å². The van der Waals surface area contributed by atoms with Gasteiger partial charge in [0, 0.05) is 5.41 Å². The van der Waals surface area contributed by atoms with Crippen LogP contribution in [0.4, 0.5) is 0 Å². The van der Waals surface area contributed by atoms with Crippen LogP contribution in [0.15, 0.2) is 23.3 Å². The van der Waals surface area contributed by atoms with E-state index in [2.05, 4.69) is 26.8 Å². The maximum absolute atomic E-state index is 11.8. The maximum atomic E-state index is 11.8. The van der Waals surface area contributed by atoms with Gasteiger partial charge in [-0.05, 0) is 51.2 Å². The van der Waals surface area contributed by atoms with Gasteiger partial charge in [0.2, 0.25) is 0 Å². The van der Waals surface area contributed by atoms with Crippen molar-refractivity contribution in [3.05, 3.63) is 23.3 Å². The first-order valence-electron chi connectivity index (χ1n) is 6.56. The lowest BCUT2D eigenvalue weighted by molar-refractivity contribution is -0.111. The molecule has 0 spiro atoms. The highest BCUT2D eigenvalue weighted by Gasteiger charge is 2.51. The molecule has 0 radical (unpaired) electrons. The van der Waals surface area contributed by atoms with Crippen molar-refractivity contribution in [2.75, 3.05) is 0 Å². The minimum absolute atomic E-state index is 0.0393. The molecule has 0 N–H and O–H groups in total. The van der Waals surface area contributed by atoms with E-state index in [-0.39, 0.29) is 16.8 Å². The molecule has 0 aromatic carbocycles. The average Bonchev–Trinajstić information content (AvgIpc) is 2.71. The summed E-state index contributed by atoms with van der Waals surface area (Å²) in [6.07, 6.45) is 8.46. The lowest BCUT2D eigenvalue weighted by Crippen LogP contribution is -2.25. The van der Waals surface area contributed by atoms with Crippen LogP contribution in [-0.4, -0.2) is 17.5 Å². The van der Waals surface area contributed by atoms with Crippen molar-refractivity contribution in [3.8, 4) is 0 Å². The number of allylic oxidation sites excluding steroid dienone is 4. The Bertz CT molecular complexity index is 442. The number of carbonyl (C=O) groups is 1. The summed E-state index contributed by atoms with van der Waals surface area (Å²) in [6.45, 7) is 6.54. The second kappa shape index (κ2) is 3.32. The van der Waals surface area contributed by atoms with Gasteiger partial charge in [-0.15, -0.1) is 0 Å². The molecule has 0 aromatic rings. The monoisotopic (exact) mass is 232 g/mol. The number of hydrogen-bond donors (Lipinski definition) is 0. The lowest BCUT2D eigenvalue weighted by Gasteiger charge is -2.31. The van der Waals surface area contributed by atoms with E-state index in [0.29, 0.717) is 6.10 Å². The molecule has 2 atom stereocenters. The third-order valence-electron chi connectivity index (χ3n) is 4.58. The molecule has 17 heavy (non-hydrogen) atoms. The molecule has 2 aliphatic carbocycles. The van der Waals surface area contributed by atoms with Gasteiger partial charge in [-0.3, -0.25) is 4.79 Å². The zero-order chi connectivity index (χ0) is 12.3. The Labute approximate surface area is 103 Å². The first-order chi connectivity index (χ1) is 7.92. The van der Waals surface area contributed by atoms with Crippen molar-refractivity contribution in [2.45, 2.75) is 58.2 Å². The molecule has 2 unspecified atom stereocenters. The Hall–Kier alpha value is -0.890. The number of epoxide rings is 1. The molecular formula is C15H20O2. The van der Waals surface area contributed by atoms with E-state index in [1.54, 1.807) is 6.08 Å². The van der Waals surface area contributed by atoms with Gasteiger partial charge in [-0.25, -0.2) is 0 Å². The molecule has 1 saturated heterocycles. The lowest BCUT2D eigenvalue weighted by atomic mass is 9.72. The zero-order valence-electron chi connectivity index (χ0n) is 10.9. The summed E-state index contributed by atoms with van der Waals surface area (Å²) in [5.41, 5.74) is 2.57. The van der Waals surface area contributed by atoms with Crippen molar-refractivity contribution in [3.63, 3.8) is 0 Å². The summed E-state index contributed by atoms with van der Waals surface area (Å²) < 4.78 is 5.71. The predicted molar refractivity (Wildman–Crippen MR) is 66.7 cm³/mol. The molecule has 1 heterocycles. The van der Waals surface area contributed by atoms with Gasteiger partial charge >= 0.3 is 0 Å². The van der Waals surface area contributed by atoms with Crippen molar-refractivity contribution in [1.29, 1.82) is 0 Å². The van der Waals surface area contributed by atoms with Crippen LogP contribution in [-0.2, 0) is 9.53 Å². The fourth-order valence-corrected chi connectivity index (χ4v) is 3.30. The molecule has 0 amide bonds. The Balaban J connectivity index is 1.87. The van der Waals surface area contributed by atoms with Crippen LogP contribution in [0.2, 0.25) is 0 Å². The molecule has 0 aromatic heterocycles. The Morgan fingerprint density at radius 3 is 2.71 bits per heavy atom. The molecule has 92 valence electrons. The number of carbonyl (C=O) groups excluding carboxylic acids is 1. The van der Waals surface area contributed by atoms with E-state index in [0.717, 1.165) is 31.3 Å². The minimum Gasteiger partial charge on any atom is -0.367 e. The van der Waals surface area contributed by atoms with Crippen LogP contribution in [0.5, 0.6) is 0 Å². The summed E-state index contributed by atoms with van der Waals surface area (Å²) in [7, 11) is 0. The first-order valence-corrected chi connectivity index (χ1v) is 6.56. The first kappa shape index (κ1) is 11.2. The standard InChI is InChI=1S/C15H20O2/c1-14(2)13(17-14)9-15(3)8-7-12(16)10-5-4-6-11(10)15/h7-8,13H,4-6,9H2,1-3H3. The maximum Gasteiger partial charge on any atom is 0.181 e. The molecule has 2 heteroatoms. The highest BCUT2D eigenvalue weighted by molar-refractivity contribution is 6.06. The van der Waals surface area contributed by atoms with Gasteiger partial charge in [-0.1, -0.05) is 18.6 Å². The number of ketones is 1. The van der Waals surface area contributed by atoms with E-state index in [1.165, 1.54) is 5.57 Å². The van der Waals surface area contributed by atoms with E-state index in [4.69, 9.17) is 4.74 Å². The van der Waals surface area contributed by atoms with E-state index in [1.807, 2.05) is 0 Å². The van der Waals surface area contributed by atoms with Gasteiger partial charge in [0.25, 0.3) is 0 Å². The summed E-state index contributed by atoms with van der Waals surface area (Å²) in [6, 6.07) is 0. The zero-order valence-corrected chi connectivity index (χ0v) is 10.9. The van der Waals surface area contributed by atoms with Crippen LogP contribution in [0, 0.1) is 5.41 Å². The van der Waals surface area contributed by atoms with Crippen molar-refractivity contribution in [1.82, 2.24) is 0 Å². The molecule has 2 nitrogen and oxygen atoms in total. The summed E-state index contributed by atoms with van der Waals surface area (Å²) in [5, 5.41) is 0. The molecule has 0 saturated carbocycles. The Morgan fingerprint density at radius 2 is 2.06 bits per heavy atom. The third kappa shape index (κ3) is 1.70. The van der Waals surface area contributed by atoms with Crippen LogP contribution in [0.1, 0.15) is 46.5 Å². The van der Waals surface area contributed by atoms with Crippen LogP contribution in [0.25, 0.3) is 0 Å². The minimum atomic E-state index is 0.0393. The van der Waals surface area contributed by atoms with Gasteiger partial charge < -0.3 is 4.74 Å². The molecule has 3 aliphatic rings. The van der Waals surface area contributed by atoms with E-state index >= 15 is 0 Å². The number of hydrogen-bond acceptors (Lipinski definition) is 2. The third-order valence-corrected chi connectivity index (χ3v) is 4.58. The summed E-state index contributed by atoms with van der Waals surface area (Å²) in [5.74, 6) is 0.242. The molecule has 0 bridgehead atoms. The fourth-order valence-electron chi connectivity index (χ4n) is 3.30. The quantitative estimate of drug-likeness (QED) is 0.684. The molecule has 1 aliphatic heterocycles. The second-order valence-electron chi connectivity index (χ2n) is 6.34. The normalized spacial score (nSPS) is 38.5. The molecule has 3 rings (SSSR count). The van der Waals surface area contributed by atoms with Crippen LogP contribution in [0.3, 0.4) is 0 Å². The Kier molecular flexibility index (Phi) is 2.19. The van der Waals surface area contributed by atoms with E-state index < -0.39 is 0 Å². The highest BCUT2D eigenvalue weighted by atomic mass is 16.6. The highest BCUT2D eigenvalue weighted by Crippen LogP contribution is 2.51. The largest absolute Gasteiger partial charge is 0.367 e. The summed E-state index contributed by atoms with van der Waals surface area (Å²) in [4.78, 5) is 11.8. The smallest absolute Gasteiger partial charge is 0.181 e. The second-order valence-corrected chi connectivity index (χ2v) is 6.34. The molecular weight excluding hydrogens is 212 g/mol. The van der Waals surface area contributed by atoms with Crippen molar-refractivity contribution < 1.29 is 9.53 Å². The van der Waals surface area contributed by atoms with Crippen LogP contribution >= 0.6 is 0 Å². The van der Waals surface area contributed by atoms with E-state index in [9.17, 15) is 4.79 Å². The SMILES string of the molecule is CC1(CC2OC2(C)C)C=CC(=O)C2=C1CCC2. The number of rotatable bonds is 2. The number of ether oxygens (including phenoxy) is 1. The summed E-state index contributed by atoms with van der Waals surface area (Å²) >= 11 is 0. The Morgan fingerprint density at radius 1 is 1.35 bits per heavy atom. The average molecular weight is 232 g/mol. The fraction of sp³-hybridized carbons (Fsp3) is 0.667. The predicted octanol–water partition coefficient (Wildman–Crippen LogP) is 3.18. The van der Waals surface area contributed by atoms with Gasteiger partial charge in [0.05, 0.1) is 11.7 Å².